The van der Waals surface area contributed by atoms with Crippen molar-refractivity contribution in [2.75, 3.05) is 6.54 Å². The molecule has 0 aliphatic carbocycles. The average Bonchev–Trinajstić information content (AvgIpc) is 3.11. The molecule has 2 aromatic heterocycles. The molecule has 3 heterocycles. The zero-order valence-corrected chi connectivity index (χ0v) is 17.1. The van der Waals surface area contributed by atoms with E-state index in [2.05, 4.69) is 28.9 Å². The van der Waals surface area contributed by atoms with Gasteiger partial charge < -0.3 is 14.6 Å². The highest BCUT2D eigenvalue weighted by atomic mass is 16.5. The summed E-state index contributed by atoms with van der Waals surface area (Å²) in [5.41, 5.74) is 5.86. The predicted octanol–water partition coefficient (Wildman–Crippen LogP) is 4.04. The molecule has 0 amide bonds. The van der Waals surface area contributed by atoms with Crippen molar-refractivity contribution in [3.63, 3.8) is 0 Å². The first-order valence-electron chi connectivity index (χ1n) is 10.5. The van der Waals surface area contributed by atoms with Gasteiger partial charge in [0.15, 0.2) is 0 Å². The van der Waals surface area contributed by atoms with Crippen molar-refractivity contribution >= 4 is 10.9 Å². The summed E-state index contributed by atoms with van der Waals surface area (Å²) >= 11 is 0. The summed E-state index contributed by atoms with van der Waals surface area (Å²) in [6, 6.07) is 19.7. The second-order valence-electron chi connectivity index (χ2n) is 7.64. The standard InChI is InChI=1S/C25H25N3O2/c1-2-27-23-10-12-26-16-22(23)21-9-8-19(14-24(21)27)28-13-11-20(15-25(28)29)30-17-18-6-4-3-5-7-18/h3-9,11,13-15,26H,2,10,12,16-17H2,1H3. The van der Waals surface area contributed by atoms with Gasteiger partial charge in [-0.2, -0.15) is 0 Å². The Morgan fingerprint density at radius 1 is 1.07 bits per heavy atom. The maximum Gasteiger partial charge on any atom is 0.258 e. The smallest absolute Gasteiger partial charge is 0.258 e. The largest absolute Gasteiger partial charge is 0.489 e. The van der Waals surface area contributed by atoms with Crippen molar-refractivity contribution in [3.8, 4) is 11.4 Å². The molecule has 5 rings (SSSR count). The van der Waals surface area contributed by atoms with Crippen molar-refractivity contribution in [2.45, 2.75) is 33.0 Å². The molecule has 2 aromatic carbocycles. The van der Waals surface area contributed by atoms with Crippen LogP contribution in [0.25, 0.3) is 16.6 Å². The van der Waals surface area contributed by atoms with E-state index in [-0.39, 0.29) is 5.56 Å². The lowest BCUT2D eigenvalue weighted by Crippen LogP contribution is -2.24. The first kappa shape index (κ1) is 18.7. The van der Waals surface area contributed by atoms with Crippen molar-refractivity contribution in [3.05, 3.63) is 94.0 Å². The number of fused-ring (bicyclic) bond motifs is 3. The van der Waals surface area contributed by atoms with Crippen LogP contribution in [-0.2, 0) is 26.1 Å². The first-order chi connectivity index (χ1) is 14.7. The summed E-state index contributed by atoms with van der Waals surface area (Å²) < 4.78 is 9.87. The van der Waals surface area contributed by atoms with Crippen molar-refractivity contribution in [1.82, 2.24) is 14.5 Å². The Morgan fingerprint density at radius 3 is 2.73 bits per heavy atom. The molecule has 0 bridgehead atoms. The average molecular weight is 399 g/mol. The molecule has 1 N–H and O–H groups in total. The lowest BCUT2D eigenvalue weighted by molar-refractivity contribution is 0.305. The summed E-state index contributed by atoms with van der Waals surface area (Å²) in [4.78, 5) is 12.8. The van der Waals surface area contributed by atoms with Gasteiger partial charge in [0.25, 0.3) is 5.56 Å². The van der Waals surface area contributed by atoms with E-state index in [1.165, 1.54) is 22.2 Å². The normalized spacial score (nSPS) is 13.4. The molecule has 152 valence electrons. The minimum absolute atomic E-state index is 0.0963. The number of rotatable bonds is 5. The first-order valence-corrected chi connectivity index (χ1v) is 10.5. The molecule has 5 heteroatoms. The number of aromatic nitrogens is 2. The van der Waals surface area contributed by atoms with Gasteiger partial charge in [-0.3, -0.25) is 9.36 Å². The maximum absolute atomic E-state index is 12.8. The summed E-state index contributed by atoms with van der Waals surface area (Å²) in [7, 11) is 0. The van der Waals surface area contributed by atoms with Gasteiger partial charge >= 0.3 is 0 Å². The fourth-order valence-corrected chi connectivity index (χ4v) is 4.38. The van der Waals surface area contributed by atoms with Gasteiger partial charge in [-0.25, -0.2) is 0 Å². The summed E-state index contributed by atoms with van der Waals surface area (Å²) in [6.45, 7) is 5.47. The second-order valence-corrected chi connectivity index (χ2v) is 7.64. The highest BCUT2D eigenvalue weighted by Crippen LogP contribution is 2.30. The van der Waals surface area contributed by atoms with Gasteiger partial charge in [-0.1, -0.05) is 36.4 Å². The van der Waals surface area contributed by atoms with E-state index >= 15 is 0 Å². The third-order valence-electron chi connectivity index (χ3n) is 5.85. The van der Waals surface area contributed by atoms with E-state index in [1.807, 2.05) is 42.5 Å². The fraction of sp³-hybridized carbons (Fsp3) is 0.240. The Morgan fingerprint density at radius 2 is 1.93 bits per heavy atom. The van der Waals surface area contributed by atoms with E-state index in [1.54, 1.807) is 16.8 Å². The molecule has 0 saturated carbocycles. The topological polar surface area (TPSA) is 48.2 Å². The third kappa shape index (κ3) is 3.31. The van der Waals surface area contributed by atoms with Crippen LogP contribution in [0.3, 0.4) is 0 Å². The lowest BCUT2D eigenvalue weighted by atomic mass is 10.1. The quantitative estimate of drug-likeness (QED) is 0.551. The number of hydrogen-bond donors (Lipinski definition) is 1. The molecular formula is C25H25N3O2. The summed E-state index contributed by atoms with van der Waals surface area (Å²) in [5.74, 6) is 0.583. The molecule has 1 aliphatic rings. The lowest BCUT2D eigenvalue weighted by Gasteiger charge is -2.16. The Kier molecular flexibility index (Phi) is 4.89. The van der Waals surface area contributed by atoms with E-state index in [0.717, 1.165) is 37.3 Å². The van der Waals surface area contributed by atoms with Gasteiger partial charge in [0.05, 0.1) is 11.2 Å². The molecular weight excluding hydrogens is 374 g/mol. The molecule has 0 saturated heterocycles. The van der Waals surface area contributed by atoms with E-state index in [9.17, 15) is 4.79 Å². The molecule has 1 aliphatic heterocycles. The van der Waals surface area contributed by atoms with Gasteiger partial charge in [0.2, 0.25) is 0 Å². The van der Waals surface area contributed by atoms with Crippen molar-refractivity contribution in [1.29, 1.82) is 0 Å². The van der Waals surface area contributed by atoms with Crippen LogP contribution in [-0.4, -0.2) is 15.7 Å². The molecule has 0 atom stereocenters. The van der Waals surface area contributed by atoms with E-state index < -0.39 is 0 Å². The number of nitrogens with one attached hydrogen (secondary N) is 1. The second kappa shape index (κ2) is 7.84. The van der Waals surface area contributed by atoms with Crippen LogP contribution >= 0.6 is 0 Å². The summed E-state index contributed by atoms with van der Waals surface area (Å²) in [5, 5.41) is 4.75. The Labute approximate surface area is 175 Å². The number of hydrogen-bond acceptors (Lipinski definition) is 3. The maximum atomic E-state index is 12.8. The van der Waals surface area contributed by atoms with Gasteiger partial charge in [-0.05, 0) is 36.2 Å². The number of ether oxygens (including phenoxy) is 1. The molecule has 5 nitrogen and oxygen atoms in total. The zero-order chi connectivity index (χ0) is 20.5. The van der Waals surface area contributed by atoms with Crippen LogP contribution < -0.4 is 15.6 Å². The van der Waals surface area contributed by atoms with Gasteiger partial charge in [0, 0.05) is 49.4 Å². The highest BCUT2D eigenvalue weighted by molar-refractivity contribution is 5.87. The summed E-state index contributed by atoms with van der Waals surface area (Å²) in [6.07, 6.45) is 2.84. The van der Waals surface area contributed by atoms with Crippen LogP contribution in [0.1, 0.15) is 23.7 Å². The molecule has 0 unspecified atom stereocenters. The zero-order valence-electron chi connectivity index (χ0n) is 17.1. The number of aryl methyl sites for hydroxylation is 1. The number of pyridine rings is 1. The molecule has 0 spiro atoms. The number of benzene rings is 2. The Bertz CT molecular complexity index is 1250. The third-order valence-corrected chi connectivity index (χ3v) is 5.85. The Hall–Kier alpha value is -3.31. The van der Waals surface area contributed by atoms with Crippen LogP contribution in [0.4, 0.5) is 0 Å². The SMILES string of the molecule is CCn1c2c(c3ccc(-n4ccc(OCc5ccccc5)cc4=O)cc31)CNCC2. The number of nitrogens with zero attached hydrogens (tertiary/aromatic N) is 2. The molecule has 30 heavy (non-hydrogen) atoms. The Balaban J connectivity index is 1.47. The van der Waals surface area contributed by atoms with Gasteiger partial charge in [-0.15, -0.1) is 0 Å². The minimum atomic E-state index is -0.0963. The van der Waals surface area contributed by atoms with Crippen LogP contribution in [0.5, 0.6) is 5.75 Å². The monoisotopic (exact) mass is 399 g/mol. The molecule has 4 aromatic rings. The molecule has 0 fully saturated rings. The fourth-order valence-electron chi connectivity index (χ4n) is 4.38. The van der Waals surface area contributed by atoms with E-state index in [4.69, 9.17) is 4.74 Å². The van der Waals surface area contributed by atoms with Crippen LogP contribution in [0.15, 0.2) is 71.7 Å². The van der Waals surface area contributed by atoms with Crippen LogP contribution in [0, 0.1) is 0 Å². The minimum Gasteiger partial charge on any atom is -0.489 e. The van der Waals surface area contributed by atoms with Crippen molar-refractivity contribution < 1.29 is 4.74 Å². The van der Waals surface area contributed by atoms with Crippen molar-refractivity contribution in [2.24, 2.45) is 0 Å². The molecule has 0 radical (unpaired) electrons. The predicted molar refractivity (Wildman–Crippen MR) is 119 cm³/mol. The highest BCUT2D eigenvalue weighted by Gasteiger charge is 2.19. The van der Waals surface area contributed by atoms with E-state index in [0.29, 0.717) is 12.4 Å². The van der Waals surface area contributed by atoms with Crippen LogP contribution in [0.2, 0.25) is 0 Å². The van der Waals surface area contributed by atoms with Gasteiger partial charge in [0.1, 0.15) is 12.4 Å².